The molecule has 0 spiro atoms. The molecule has 0 aromatic heterocycles. The van der Waals surface area contributed by atoms with Crippen molar-refractivity contribution in [3.8, 4) is 0 Å². The van der Waals surface area contributed by atoms with Gasteiger partial charge in [-0.05, 0) is 49.5 Å². The summed E-state index contributed by atoms with van der Waals surface area (Å²) in [5.74, 6) is 0.786. The molecule has 1 aromatic rings. The van der Waals surface area contributed by atoms with Crippen molar-refractivity contribution in [2.24, 2.45) is 5.92 Å². The fourth-order valence-corrected chi connectivity index (χ4v) is 3.22. The Morgan fingerprint density at radius 2 is 1.89 bits per heavy atom. The number of benzene rings is 1. The van der Waals surface area contributed by atoms with Crippen LogP contribution in [0.2, 0.25) is 0 Å². The normalized spacial score (nSPS) is 17.7. The van der Waals surface area contributed by atoms with Gasteiger partial charge in [-0.25, -0.2) is 0 Å². The molecule has 1 saturated carbocycles. The minimum absolute atomic E-state index is 0.518. The molecule has 3 heteroatoms. The summed E-state index contributed by atoms with van der Waals surface area (Å²) in [5.41, 5.74) is 1.05. The molecular weight excluding hydrogens is 252 g/mol. The number of anilines is 1. The van der Waals surface area contributed by atoms with E-state index in [0.29, 0.717) is 6.04 Å². The molecule has 2 rings (SSSR count). The van der Waals surface area contributed by atoms with Crippen molar-refractivity contribution in [2.75, 3.05) is 5.32 Å². The zero-order chi connectivity index (χ0) is 13.5. The Kier molecular flexibility index (Phi) is 5.64. The largest absolute Gasteiger partial charge is 0.359 e. The van der Waals surface area contributed by atoms with E-state index in [2.05, 4.69) is 17.6 Å². The van der Waals surface area contributed by atoms with Crippen LogP contribution in [0.3, 0.4) is 0 Å². The molecule has 1 unspecified atom stereocenters. The van der Waals surface area contributed by atoms with Gasteiger partial charge in [0.1, 0.15) is 0 Å². The van der Waals surface area contributed by atoms with Crippen LogP contribution in [0.1, 0.15) is 45.4 Å². The molecule has 0 aliphatic heterocycles. The van der Waals surface area contributed by atoms with Gasteiger partial charge in [-0.15, -0.1) is 0 Å². The van der Waals surface area contributed by atoms with Gasteiger partial charge in [-0.2, -0.15) is 0 Å². The number of hydrogen-bond donors (Lipinski definition) is 2. The van der Waals surface area contributed by atoms with Crippen LogP contribution in [0, 0.1) is 5.92 Å². The van der Waals surface area contributed by atoms with E-state index >= 15 is 0 Å². The first kappa shape index (κ1) is 14.3. The molecule has 0 radical (unpaired) electrons. The van der Waals surface area contributed by atoms with Crippen LogP contribution >= 0.6 is 12.2 Å². The average molecular weight is 276 g/mol. The third-order valence-electron chi connectivity index (χ3n) is 4.01. The van der Waals surface area contributed by atoms with Crippen LogP contribution in [-0.4, -0.2) is 11.2 Å². The summed E-state index contributed by atoms with van der Waals surface area (Å²) in [6, 6.07) is 10.6. The van der Waals surface area contributed by atoms with Crippen LogP contribution < -0.4 is 10.6 Å². The van der Waals surface area contributed by atoms with Crippen LogP contribution in [0.25, 0.3) is 0 Å². The number of thiocarbonyl (C=S) groups is 1. The van der Waals surface area contributed by atoms with Gasteiger partial charge in [0.25, 0.3) is 0 Å². The Balaban J connectivity index is 1.85. The molecule has 0 saturated heterocycles. The molecule has 2 nitrogen and oxygen atoms in total. The maximum atomic E-state index is 5.43. The van der Waals surface area contributed by atoms with Crippen LogP contribution in [0.5, 0.6) is 0 Å². The Morgan fingerprint density at radius 3 is 2.53 bits per heavy atom. The van der Waals surface area contributed by atoms with E-state index in [1.54, 1.807) is 0 Å². The van der Waals surface area contributed by atoms with Gasteiger partial charge in [0.05, 0.1) is 0 Å². The van der Waals surface area contributed by atoms with Crippen LogP contribution in [-0.2, 0) is 0 Å². The molecule has 0 bridgehead atoms. The van der Waals surface area contributed by atoms with Gasteiger partial charge in [-0.1, -0.05) is 44.4 Å². The molecule has 1 aliphatic rings. The highest BCUT2D eigenvalue weighted by Gasteiger charge is 2.22. The van der Waals surface area contributed by atoms with E-state index in [4.69, 9.17) is 12.2 Å². The lowest BCUT2D eigenvalue weighted by atomic mass is 9.83. The smallest absolute Gasteiger partial charge is 0.171 e. The lowest BCUT2D eigenvalue weighted by Gasteiger charge is -2.31. The summed E-state index contributed by atoms with van der Waals surface area (Å²) in [4.78, 5) is 0. The van der Waals surface area contributed by atoms with Gasteiger partial charge in [0.2, 0.25) is 0 Å². The molecule has 104 valence electrons. The molecular formula is C16H24N2S. The van der Waals surface area contributed by atoms with Crippen molar-refractivity contribution in [1.29, 1.82) is 0 Å². The number of nitrogens with one attached hydrogen (secondary N) is 2. The Bertz CT molecular complexity index is 385. The second-order valence-corrected chi connectivity index (χ2v) is 5.79. The summed E-state index contributed by atoms with van der Waals surface area (Å²) in [6.45, 7) is 2.25. The van der Waals surface area contributed by atoms with Gasteiger partial charge in [-0.3, -0.25) is 0 Å². The SMILES string of the molecule is CCC(NC(=S)Nc1ccccc1)C1CCCCC1. The molecule has 0 amide bonds. The van der Waals surface area contributed by atoms with Gasteiger partial charge >= 0.3 is 0 Å². The van der Waals surface area contributed by atoms with Gasteiger partial charge in [0, 0.05) is 11.7 Å². The summed E-state index contributed by atoms with van der Waals surface area (Å²) in [7, 11) is 0. The van der Waals surface area contributed by atoms with Crippen LogP contribution in [0.4, 0.5) is 5.69 Å². The predicted octanol–water partition coefficient (Wildman–Crippen LogP) is 4.33. The number of para-hydroxylation sites is 1. The predicted molar refractivity (Wildman–Crippen MR) is 86.5 cm³/mol. The monoisotopic (exact) mass is 276 g/mol. The van der Waals surface area contributed by atoms with Gasteiger partial charge < -0.3 is 10.6 Å². The summed E-state index contributed by atoms with van der Waals surface area (Å²) >= 11 is 5.43. The minimum Gasteiger partial charge on any atom is -0.359 e. The van der Waals surface area contributed by atoms with Crippen molar-refractivity contribution in [2.45, 2.75) is 51.5 Å². The molecule has 1 aromatic carbocycles. The van der Waals surface area contributed by atoms with Crippen molar-refractivity contribution in [3.05, 3.63) is 30.3 Å². The van der Waals surface area contributed by atoms with E-state index in [1.165, 1.54) is 32.1 Å². The fraction of sp³-hybridized carbons (Fsp3) is 0.562. The molecule has 2 N–H and O–H groups in total. The van der Waals surface area contributed by atoms with E-state index in [1.807, 2.05) is 30.3 Å². The van der Waals surface area contributed by atoms with E-state index in [0.717, 1.165) is 23.1 Å². The van der Waals surface area contributed by atoms with Crippen molar-refractivity contribution < 1.29 is 0 Å². The summed E-state index contributed by atoms with van der Waals surface area (Å²) < 4.78 is 0. The lowest BCUT2D eigenvalue weighted by Crippen LogP contribution is -2.42. The average Bonchev–Trinajstić information content (AvgIpc) is 2.47. The first-order chi connectivity index (χ1) is 9.29. The lowest BCUT2D eigenvalue weighted by molar-refractivity contribution is 0.284. The maximum absolute atomic E-state index is 5.43. The second kappa shape index (κ2) is 7.49. The third-order valence-corrected chi connectivity index (χ3v) is 4.23. The topological polar surface area (TPSA) is 24.1 Å². The van der Waals surface area contributed by atoms with Crippen molar-refractivity contribution in [3.63, 3.8) is 0 Å². The molecule has 1 aliphatic carbocycles. The number of rotatable bonds is 4. The standard InChI is InChI=1S/C16H24N2S/c1-2-15(13-9-5-3-6-10-13)18-16(19)17-14-11-7-4-8-12-14/h4,7-8,11-13,15H,2-3,5-6,9-10H2,1H3,(H2,17,18,19). The minimum atomic E-state index is 0.518. The fourth-order valence-electron chi connectivity index (χ4n) is 2.95. The Labute approximate surface area is 122 Å². The highest BCUT2D eigenvalue weighted by atomic mass is 32.1. The Morgan fingerprint density at radius 1 is 1.21 bits per heavy atom. The molecule has 1 fully saturated rings. The van der Waals surface area contributed by atoms with Crippen molar-refractivity contribution >= 4 is 23.0 Å². The zero-order valence-electron chi connectivity index (χ0n) is 11.7. The van der Waals surface area contributed by atoms with Crippen LogP contribution in [0.15, 0.2) is 30.3 Å². The van der Waals surface area contributed by atoms with E-state index in [9.17, 15) is 0 Å². The van der Waals surface area contributed by atoms with E-state index in [-0.39, 0.29) is 0 Å². The Hall–Kier alpha value is -1.09. The highest BCUT2D eigenvalue weighted by Crippen LogP contribution is 2.27. The maximum Gasteiger partial charge on any atom is 0.171 e. The summed E-state index contributed by atoms with van der Waals surface area (Å²) in [6.07, 6.45) is 7.99. The van der Waals surface area contributed by atoms with E-state index < -0.39 is 0 Å². The molecule has 1 atom stereocenters. The highest BCUT2D eigenvalue weighted by molar-refractivity contribution is 7.80. The first-order valence-electron chi connectivity index (χ1n) is 7.42. The second-order valence-electron chi connectivity index (χ2n) is 5.38. The third kappa shape index (κ3) is 4.50. The summed E-state index contributed by atoms with van der Waals surface area (Å²) in [5, 5.41) is 7.52. The first-order valence-corrected chi connectivity index (χ1v) is 7.83. The molecule has 0 heterocycles. The number of hydrogen-bond acceptors (Lipinski definition) is 1. The quantitative estimate of drug-likeness (QED) is 0.800. The van der Waals surface area contributed by atoms with Crippen molar-refractivity contribution in [1.82, 2.24) is 5.32 Å². The van der Waals surface area contributed by atoms with Gasteiger partial charge in [0.15, 0.2) is 5.11 Å². The zero-order valence-corrected chi connectivity index (χ0v) is 12.5. The molecule has 19 heavy (non-hydrogen) atoms.